The van der Waals surface area contributed by atoms with Crippen molar-refractivity contribution in [2.45, 2.75) is 13.3 Å². The van der Waals surface area contributed by atoms with Gasteiger partial charge in [0, 0.05) is 42.6 Å². The van der Waals surface area contributed by atoms with E-state index in [1.807, 2.05) is 42.2 Å². The van der Waals surface area contributed by atoms with Crippen molar-refractivity contribution >= 4 is 22.5 Å². The summed E-state index contributed by atoms with van der Waals surface area (Å²) in [6, 6.07) is 9.39. The molecule has 1 saturated heterocycles. The van der Waals surface area contributed by atoms with Crippen LogP contribution in [-0.4, -0.2) is 39.8 Å². The Labute approximate surface area is 122 Å². The highest BCUT2D eigenvalue weighted by atomic mass is 16.4. The lowest BCUT2D eigenvalue weighted by atomic mass is 9.97. The lowest BCUT2D eigenvalue weighted by molar-refractivity contribution is 0.0734. The van der Waals surface area contributed by atoms with Crippen molar-refractivity contribution in [3.63, 3.8) is 0 Å². The van der Waals surface area contributed by atoms with Crippen LogP contribution in [0.25, 0.3) is 10.9 Å². The van der Waals surface area contributed by atoms with Crippen molar-refractivity contribution in [2.24, 2.45) is 11.1 Å². The van der Waals surface area contributed by atoms with Gasteiger partial charge < -0.3 is 10.1 Å². The number of oxime groups is 1. The molecule has 5 heteroatoms. The van der Waals surface area contributed by atoms with Gasteiger partial charge in [-0.25, -0.2) is 0 Å². The minimum absolute atomic E-state index is 0.0181. The SMILES string of the molecule is CC1CN(C(=O)c2ccc3ncccc3c2)CC/C1=N\O. The van der Waals surface area contributed by atoms with Crippen molar-refractivity contribution in [1.82, 2.24) is 9.88 Å². The number of pyridine rings is 1. The number of nitrogens with zero attached hydrogens (tertiary/aromatic N) is 3. The van der Waals surface area contributed by atoms with E-state index in [1.54, 1.807) is 6.20 Å². The Morgan fingerprint density at radius 3 is 3.05 bits per heavy atom. The molecule has 0 saturated carbocycles. The van der Waals surface area contributed by atoms with E-state index in [9.17, 15) is 4.79 Å². The summed E-state index contributed by atoms with van der Waals surface area (Å²) in [5.41, 5.74) is 2.32. The third-order valence-corrected chi connectivity index (χ3v) is 3.97. The second-order valence-electron chi connectivity index (χ2n) is 5.40. The zero-order valence-electron chi connectivity index (χ0n) is 11.9. The molecule has 1 aliphatic heterocycles. The summed E-state index contributed by atoms with van der Waals surface area (Å²) in [7, 11) is 0. The van der Waals surface area contributed by atoms with Crippen molar-refractivity contribution in [3.8, 4) is 0 Å². The van der Waals surface area contributed by atoms with Gasteiger partial charge in [-0.05, 0) is 24.3 Å². The van der Waals surface area contributed by atoms with Gasteiger partial charge in [0.1, 0.15) is 0 Å². The Morgan fingerprint density at radius 2 is 2.29 bits per heavy atom. The van der Waals surface area contributed by atoms with Gasteiger partial charge in [0.2, 0.25) is 0 Å². The highest BCUT2D eigenvalue weighted by Crippen LogP contribution is 2.19. The molecule has 21 heavy (non-hydrogen) atoms. The van der Waals surface area contributed by atoms with Gasteiger partial charge in [-0.2, -0.15) is 0 Å². The largest absolute Gasteiger partial charge is 0.411 e. The molecule has 2 aromatic rings. The molecule has 1 N–H and O–H groups in total. The van der Waals surface area contributed by atoms with Gasteiger partial charge in [-0.3, -0.25) is 9.78 Å². The third-order valence-electron chi connectivity index (χ3n) is 3.97. The predicted molar refractivity (Wildman–Crippen MR) is 80.6 cm³/mol. The maximum absolute atomic E-state index is 12.6. The lowest BCUT2D eigenvalue weighted by Crippen LogP contribution is -2.43. The van der Waals surface area contributed by atoms with Crippen LogP contribution in [0.4, 0.5) is 0 Å². The molecule has 1 fully saturated rings. The Kier molecular flexibility index (Phi) is 3.56. The fourth-order valence-electron chi connectivity index (χ4n) is 2.75. The average molecular weight is 283 g/mol. The number of hydrogen-bond acceptors (Lipinski definition) is 4. The molecule has 3 rings (SSSR count). The van der Waals surface area contributed by atoms with Gasteiger partial charge in [-0.15, -0.1) is 0 Å². The van der Waals surface area contributed by atoms with Crippen LogP contribution in [0.15, 0.2) is 41.7 Å². The second-order valence-corrected chi connectivity index (χ2v) is 5.40. The zero-order valence-corrected chi connectivity index (χ0v) is 11.9. The minimum Gasteiger partial charge on any atom is -0.411 e. The van der Waals surface area contributed by atoms with E-state index >= 15 is 0 Å². The van der Waals surface area contributed by atoms with Crippen LogP contribution in [0.1, 0.15) is 23.7 Å². The van der Waals surface area contributed by atoms with Gasteiger partial charge in [-0.1, -0.05) is 18.1 Å². The van der Waals surface area contributed by atoms with Crippen LogP contribution in [0, 0.1) is 5.92 Å². The molecule has 1 aromatic heterocycles. The first-order chi connectivity index (χ1) is 10.2. The number of rotatable bonds is 1. The monoisotopic (exact) mass is 283 g/mol. The highest BCUT2D eigenvalue weighted by molar-refractivity contribution is 5.99. The Balaban J connectivity index is 1.84. The molecule has 1 unspecified atom stereocenters. The number of aromatic nitrogens is 1. The molecule has 0 spiro atoms. The molecule has 0 aliphatic carbocycles. The fourth-order valence-corrected chi connectivity index (χ4v) is 2.75. The van der Waals surface area contributed by atoms with Crippen LogP contribution < -0.4 is 0 Å². The molecule has 5 nitrogen and oxygen atoms in total. The van der Waals surface area contributed by atoms with Gasteiger partial charge in [0.05, 0.1) is 11.2 Å². The number of fused-ring (bicyclic) bond motifs is 1. The van der Waals surface area contributed by atoms with Crippen LogP contribution >= 0.6 is 0 Å². The Bertz CT molecular complexity index is 711. The smallest absolute Gasteiger partial charge is 0.253 e. The molecule has 1 aliphatic rings. The average Bonchev–Trinajstić information content (AvgIpc) is 2.53. The number of hydrogen-bond donors (Lipinski definition) is 1. The first-order valence-corrected chi connectivity index (χ1v) is 7.04. The van der Waals surface area contributed by atoms with E-state index in [4.69, 9.17) is 5.21 Å². The molecular formula is C16H17N3O2. The molecule has 2 heterocycles. The van der Waals surface area contributed by atoms with Gasteiger partial charge >= 0.3 is 0 Å². The van der Waals surface area contributed by atoms with Crippen molar-refractivity contribution in [2.75, 3.05) is 13.1 Å². The lowest BCUT2D eigenvalue weighted by Gasteiger charge is -2.31. The number of likely N-dealkylation sites (tertiary alicyclic amines) is 1. The van der Waals surface area contributed by atoms with Crippen molar-refractivity contribution in [3.05, 3.63) is 42.1 Å². The fraction of sp³-hybridized carbons (Fsp3) is 0.312. The summed E-state index contributed by atoms with van der Waals surface area (Å²) < 4.78 is 0. The first kappa shape index (κ1) is 13.5. The first-order valence-electron chi connectivity index (χ1n) is 7.04. The number of carbonyl (C=O) groups excluding carboxylic acids is 1. The highest BCUT2D eigenvalue weighted by Gasteiger charge is 2.26. The van der Waals surface area contributed by atoms with Crippen molar-refractivity contribution < 1.29 is 10.0 Å². The van der Waals surface area contributed by atoms with E-state index in [-0.39, 0.29) is 11.8 Å². The zero-order chi connectivity index (χ0) is 14.8. The van der Waals surface area contributed by atoms with E-state index in [2.05, 4.69) is 10.1 Å². The topological polar surface area (TPSA) is 65.8 Å². The summed E-state index contributed by atoms with van der Waals surface area (Å²) in [4.78, 5) is 18.7. The van der Waals surface area contributed by atoms with Crippen LogP contribution in [0.5, 0.6) is 0 Å². The number of piperidine rings is 1. The normalized spacial score (nSPS) is 20.9. The summed E-state index contributed by atoms with van der Waals surface area (Å²) in [5, 5.41) is 13.2. The predicted octanol–water partition coefficient (Wildman–Crippen LogP) is 2.55. The molecular weight excluding hydrogens is 266 g/mol. The summed E-state index contributed by atoms with van der Waals surface area (Å²) in [6.07, 6.45) is 2.37. The van der Waals surface area contributed by atoms with Crippen LogP contribution in [0.2, 0.25) is 0 Å². The standard InChI is InChI=1S/C16H17N3O2/c1-11-10-19(8-6-14(11)18-21)16(20)13-4-5-15-12(9-13)3-2-7-17-15/h2-5,7,9,11,21H,6,8,10H2,1H3/b18-14+. The van der Waals surface area contributed by atoms with E-state index < -0.39 is 0 Å². The maximum Gasteiger partial charge on any atom is 0.253 e. The molecule has 1 aromatic carbocycles. The molecule has 1 atom stereocenters. The number of benzene rings is 1. The molecule has 108 valence electrons. The summed E-state index contributed by atoms with van der Waals surface area (Å²) in [6.45, 7) is 3.15. The quantitative estimate of drug-likeness (QED) is 0.646. The Hall–Kier alpha value is -2.43. The Morgan fingerprint density at radius 1 is 1.43 bits per heavy atom. The van der Waals surface area contributed by atoms with E-state index in [0.717, 1.165) is 16.6 Å². The minimum atomic E-state index is 0.0181. The number of amides is 1. The van der Waals surface area contributed by atoms with Crippen LogP contribution in [0.3, 0.4) is 0 Å². The second kappa shape index (κ2) is 5.52. The molecule has 1 amide bonds. The van der Waals surface area contributed by atoms with Gasteiger partial charge in [0.25, 0.3) is 5.91 Å². The van der Waals surface area contributed by atoms with E-state index in [1.165, 1.54) is 0 Å². The molecule has 0 radical (unpaired) electrons. The third kappa shape index (κ3) is 2.59. The molecule has 0 bridgehead atoms. The summed E-state index contributed by atoms with van der Waals surface area (Å²) >= 11 is 0. The van der Waals surface area contributed by atoms with E-state index in [0.29, 0.717) is 25.1 Å². The number of carbonyl (C=O) groups is 1. The maximum atomic E-state index is 12.6. The van der Waals surface area contributed by atoms with Gasteiger partial charge in [0.15, 0.2) is 0 Å². The van der Waals surface area contributed by atoms with Crippen LogP contribution in [-0.2, 0) is 0 Å². The summed E-state index contributed by atoms with van der Waals surface area (Å²) in [5.74, 6) is 0.111. The van der Waals surface area contributed by atoms with Crippen molar-refractivity contribution in [1.29, 1.82) is 0 Å².